The van der Waals surface area contributed by atoms with Crippen LogP contribution in [0.2, 0.25) is 5.02 Å². The highest BCUT2D eigenvalue weighted by atomic mass is 35.5. The molecule has 0 saturated carbocycles. The Bertz CT molecular complexity index is 1340. The van der Waals surface area contributed by atoms with Crippen LogP contribution in [-0.2, 0) is 4.79 Å². The van der Waals surface area contributed by atoms with Gasteiger partial charge in [-0.15, -0.1) is 10.2 Å². The Kier molecular flexibility index (Phi) is 7.31. The molecule has 0 saturated heterocycles. The Morgan fingerprint density at radius 2 is 1.76 bits per heavy atom. The number of benzene rings is 3. The number of para-hydroxylation sites is 1. The first kappa shape index (κ1) is 23.6. The quantitative estimate of drug-likeness (QED) is 0.308. The fourth-order valence-electron chi connectivity index (χ4n) is 3.50. The van der Waals surface area contributed by atoms with Crippen LogP contribution in [-0.4, -0.2) is 26.4 Å². The third-order valence-electron chi connectivity index (χ3n) is 5.17. The van der Waals surface area contributed by atoms with Gasteiger partial charge in [0, 0.05) is 16.3 Å². The summed E-state index contributed by atoms with van der Waals surface area (Å²) < 4.78 is 2.00. The van der Waals surface area contributed by atoms with E-state index in [0.29, 0.717) is 27.3 Å². The van der Waals surface area contributed by atoms with Crippen molar-refractivity contribution in [3.63, 3.8) is 0 Å². The largest absolute Gasteiger partial charge is 0.325 e. The van der Waals surface area contributed by atoms with Crippen molar-refractivity contribution in [3.8, 4) is 23.1 Å². The predicted molar refractivity (Wildman–Crippen MR) is 136 cm³/mol. The van der Waals surface area contributed by atoms with E-state index in [-0.39, 0.29) is 17.6 Å². The second-order valence-electron chi connectivity index (χ2n) is 7.89. The Balaban J connectivity index is 1.64. The van der Waals surface area contributed by atoms with Gasteiger partial charge in [0.05, 0.1) is 23.1 Å². The monoisotopic (exact) mass is 487 g/mol. The highest BCUT2D eigenvalue weighted by Gasteiger charge is 2.20. The Hall–Kier alpha value is -3.60. The van der Waals surface area contributed by atoms with E-state index in [1.807, 2.05) is 47.0 Å². The standard InChI is InChI=1S/C26H22ClN5OS/c1-17(2)22-5-3-4-6-23(22)32-25(19-9-11-20(27)12-10-19)30-31-26(32)34-16-24(33)29-21-13-7-18(15-28)8-14-21/h3-14,17H,16H2,1-2H3,(H,29,33). The summed E-state index contributed by atoms with van der Waals surface area (Å²) in [7, 11) is 0. The molecule has 170 valence electrons. The van der Waals surface area contributed by atoms with E-state index < -0.39 is 0 Å². The minimum absolute atomic E-state index is 0.155. The lowest BCUT2D eigenvalue weighted by Gasteiger charge is -2.17. The first-order valence-electron chi connectivity index (χ1n) is 10.7. The molecule has 3 aromatic carbocycles. The molecule has 0 fully saturated rings. The molecule has 34 heavy (non-hydrogen) atoms. The minimum atomic E-state index is -0.172. The fourth-order valence-corrected chi connectivity index (χ4v) is 4.37. The van der Waals surface area contributed by atoms with E-state index in [4.69, 9.17) is 16.9 Å². The number of halogens is 1. The number of carbonyl (C=O) groups excluding carboxylic acids is 1. The van der Waals surface area contributed by atoms with Gasteiger partial charge in [-0.3, -0.25) is 9.36 Å². The van der Waals surface area contributed by atoms with Gasteiger partial charge in [-0.25, -0.2) is 0 Å². The molecule has 4 aromatic rings. The zero-order valence-corrected chi connectivity index (χ0v) is 20.3. The Labute approximate surface area is 207 Å². The summed E-state index contributed by atoms with van der Waals surface area (Å²) in [5.74, 6) is 0.950. The topological polar surface area (TPSA) is 83.6 Å². The number of nitrogens with zero attached hydrogens (tertiary/aromatic N) is 4. The van der Waals surface area contributed by atoms with E-state index in [1.54, 1.807) is 24.3 Å². The summed E-state index contributed by atoms with van der Waals surface area (Å²) in [5, 5.41) is 21.9. The zero-order valence-electron chi connectivity index (χ0n) is 18.7. The maximum absolute atomic E-state index is 12.6. The number of rotatable bonds is 7. The number of aromatic nitrogens is 3. The lowest BCUT2D eigenvalue weighted by Crippen LogP contribution is -2.14. The summed E-state index contributed by atoms with van der Waals surface area (Å²) in [4.78, 5) is 12.6. The third kappa shape index (κ3) is 5.30. The summed E-state index contributed by atoms with van der Waals surface area (Å²) in [5.41, 5.74) is 4.19. The van der Waals surface area contributed by atoms with Gasteiger partial charge < -0.3 is 5.32 Å². The molecule has 6 nitrogen and oxygen atoms in total. The van der Waals surface area contributed by atoms with Crippen molar-refractivity contribution >= 4 is 35.0 Å². The van der Waals surface area contributed by atoms with Gasteiger partial charge in [-0.05, 0) is 66.1 Å². The molecular formula is C26H22ClN5OS. The van der Waals surface area contributed by atoms with Crippen molar-refractivity contribution in [2.24, 2.45) is 0 Å². The fraction of sp³-hybridized carbons (Fsp3) is 0.154. The van der Waals surface area contributed by atoms with Crippen LogP contribution >= 0.6 is 23.4 Å². The van der Waals surface area contributed by atoms with Crippen LogP contribution in [0.4, 0.5) is 5.69 Å². The molecule has 0 atom stereocenters. The SMILES string of the molecule is CC(C)c1ccccc1-n1c(SCC(=O)Nc2ccc(C#N)cc2)nnc1-c1ccc(Cl)cc1. The Morgan fingerprint density at radius 1 is 1.06 bits per heavy atom. The van der Waals surface area contributed by atoms with Crippen LogP contribution in [0.15, 0.2) is 78.0 Å². The number of nitriles is 1. The number of nitrogens with one attached hydrogen (secondary N) is 1. The molecule has 8 heteroatoms. The van der Waals surface area contributed by atoms with Gasteiger partial charge in [0.25, 0.3) is 0 Å². The maximum Gasteiger partial charge on any atom is 0.234 e. The van der Waals surface area contributed by atoms with Gasteiger partial charge in [0.2, 0.25) is 5.91 Å². The van der Waals surface area contributed by atoms with Gasteiger partial charge in [0.15, 0.2) is 11.0 Å². The molecule has 1 N–H and O–H groups in total. The summed E-state index contributed by atoms with van der Waals surface area (Å²) >= 11 is 7.40. The molecular weight excluding hydrogens is 466 g/mol. The van der Waals surface area contributed by atoms with Crippen molar-refractivity contribution in [1.82, 2.24) is 14.8 Å². The summed E-state index contributed by atoms with van der Waals surface area (Å²) in [6.45, 7) is 4.28. The molecule has 1 heterocycles. The number of carbonyl (C=O) groups is 1. The summed E-state index contributed by atoms with van der Waals surface area (Å²) in [6, 6.07) is 24.4. The number of thioether (sulfide) groups is 1. The molecule has 1 aromatic heterocycles. The zero-order chi connectivity index (χ0) is 24.1. The van der Waals surface area contributed by atoms with Crippen LogP contribution in [0.3, 0.4) is 0 Å². The maximum atomic E-state index is 12.6. The molecule has 0 unspecified atom stereocenters. The number of anilines is 1. The van der Waals surface area contributed by atoms with Crippen molar-refractivity contribution in [2.45, 2.75) is 24.9 Å². The molecule has 0 aliphatic rings. The van der Waals surface area contributed by atoms with E-state index in [0.717, 1.165) is 16.8 Å². The van der Waals surface area contributed by atoms with E-state index in [1.165, 1.54) is 11.8 Å². The lowest BCUT2D eigenvalue weighted by atomic mass is 10.0. The lowest BCUT2D eigenvalue weighted by molar-refractivity contribution is -0.113. The van der Waals surface area contributed by atoms with Gasteiger partial charge in [-0.2, -0.15) is 5.26 Å². The van der Waals surface area contributed by atoms with Crippen LogP contribution in [0.25, 0.3) is 17.1 Å². The van der Waals surface area contributed by atoms with Crippen LogP contribution in [0.5, 0.6) is 0 Å². The van der Waals surface area contributed by atoms with Crippen molar-refractivity contribution < 1.29 is 4.79 Å². The summed E-state index contributed by atoms with van der Waals surface area (Å²) in [6.07, 6.45) is 0. The average Bonchev–Trinajstić information content (AvgIpc) is 3.27. The van der Waals surface area contributed by atoms with E-state index in [2.05, 4.69) is 41.5 Å². The van der Waals surface area contributed by atoms with E-state index >= 15 is 0 Å². The molecule has 1 amide bonds. The average molecular weight is 488 g/mol. The number of amides is 1. The normalized spacial score (nSPS) is 10.8. The minimum Gasteiger partial charge on any atom is -0.325 e. The molecule has 0 spiro atoms. The first-order valence-corrected chi connectivity index (χ1v) is 12.1. The third-order valence-corrected chi connectivity index (χ3v) is 6.35. The number of hydrogen-bond donors (Lipinski definition) is 1. The van der Waals surface area contributed by atoms with Crippen LogP contribution < -0.4 is 5.32 Å². The molecule has 0 aliphatic carbocycles. The van der Waals surface area contributed by atoms with Crippen molar-refractivity contribution in [2.75, 3.05) is 11.1 Å². The van der Waals surface area contributed by atoms with Gasteiger partial charge in [-0.1, -0.05) is 55.4 Å². The van der Waals surface area contributed by atoms with Crippen LogP contribution in [0.1, 0.15) is 30.9 Å². The second kappa shape index (κ2) is 10.6. The van der Waals surface area contributed by atoms with Gasteiger partial charge in [0.1, 0.15) is 0 Å². The number of hydrogen-bond acceptors (Lipinski definition) is 5. The Morgan fingerprint density at radius 3 is 2.44 bits per heavy atom. The molecule has 4 rings (SSSR count). The molecule has 0 bridgehead atoms. The molecule has 0 radical (unpaired) electrons. The van der Waals surface area contributed by atoms with Gasteiger partial charge >= 0.3 is 0 Å². The van der Waals surface area contributed by atoms with Crippen molar-refractivity contribution in [1.29, 1.82) is 5.26 Å². The highest BCUT2D eigenvalue weighted by molar-refractivity contribution is 7.99. The van der Waals surface area contributed by atoms with Crippen molar-refractivity contribution in [3.05, 3.63) is 88.9 Å². The predicted octanol–water partition coefficient (Wildman–Crippen LogP) is 6.31. The molecule has 0 aliphatic heterocycles. The second-order valence-corrected chi connectivity index (χ2v) is 9.27. The first-order chi connectivity index (χ1) is 16.5. The smallest absolute Gasteiger partial charge is 0.234 e. The van der Waals surface area contributed by atoms with E-state index in [9.17, 15) is 4.79 Å². The van der Waals surface area contributed by atoms with Crippen LogP contribution in [0, 0.1) is 11.3 Å². The highest BCUT2D eigenvalue weighted by Crippen LogP contribution is 2.32.